The van der Waals surface area contributed by atoms with Crippen molar-refractivity contribution in [1.82, 2.24) is 9.97 Å². The molecular formula is C24H18BrFN4. The number of hydrazone groups is 1. The lowest BCUT2D eigenvalue weighted by Gasteiger charge is -2.09. The number of hydrogen-bond donors (Lipinski definition) is 1. The quantitative estimate of drug-likeness (QED) is 0.271. The summed E-state index contributed by atoms with van der Waals surface area (Å²) in [7, 11) is 0. The first-order chi connectivity index (χ1) is 14.6. The van der Waals surface area contributed by atoms with E-state index >= 15 is 0 Å². The third kappa shape index (κ3) is 4.78. The summed E-state index contributed by atoms with van der Waals surface area (Å²) in [6.07, 6.45) is 0. The molecule has 3 aromatic carbocycles. The summed E-state index contributed by atoms with van der Waals surface area (Å²) < 4.78 is 14.2. The summed E-state index contributed by atoms with van der Waals surface area (Å²) in [5.41, 5.74) is 7.25. The molecule has 0 radical (unpaired) electrons. The molecule has 4 nitrogen and oxygen atoms in total. The molecule has 0 unspecified atom stereocenters. The van der Waals surface area contributed by atoms with Crippen LogP contribution in [0.1, 0.15) is 12.5 Å². The van der Waals surface area contributed by atoms with Gasteiger partial charge < -0.3 is 0 Å². The second-order valence-electron chi connectivity index (χ2n) is 6.65. The fourth-order valence-electron chi connectivity index (χ4n) is 2.89. The van der Waals surface area contributed by atoms with E-state index in [-0.39, 0.29) is 5.82 Å². The Balaban J connectivity index is 1.71. The minimum absolute atomic E-state index is 0.276. The summed E-state index contributed by atoms with van der Waals surface area (Å²) >= 11 is 3.46. The highest BCUT2D eigenvalue weighted by atomic mass is 79.9. The van der Waals surface area contributed by atoms with E-state index in [0.29, 0.717) is 11.6 Å². The molecule has 148 valence electrons. The lowest BCUT2D eigenvalue weighted by atomic mass is 10.1. The molecule has 0 spiro atoms. The van der Waals surface area contributed by atoms with Gasteiger partial charge in [-0.2, -0.15) is 5.10 Å². The van der Waals surface area contributed by atoms with E-state index < -0.39 is 0 Å². The van der Waals surface area contributed by atoms with Gasteiger partial charge in [-0.15, -0.1) is 0 Å². The molecule has 1 N–H and O–H groups in total. The number of anilines is 1. The van der Waals surface area contributed by atoms with Gasteiger partial charge in [-0.25, -0.2) is 14.4 Å². The van der Waals surface area contributed by atoms with Crippen LogP contribution in [0.2, 0.25) is 0 Å². The number of hydrogen-bond acceptors (Lipinski definition) is 4. The van der Waals surface area contributed by atoms with Gasteiger partial charge in [-0.1, -0.05) is 70.5 Å². The van der Waals surface area contributed by atoms with Crippen LogP contribution in [0.4, 0.5) is 10.2 Å². The number of rotatable bonds is 5. The first-order valence-electron chi connectivity index (χ1n) is 9.35. The Hall–Kier alpha value is -3.38. The Kier molecular flexibility index (Phi) is 5.95. The van der Waals surface area contributed by atoms with Crippen LogP contribution in [-0.2, 0) is 0 Å². The van der Waals surface area contributed by atoms with Gasteiger partial charge in [0, 0.05) is 21.7 Å². The van der Waals surface area contributed by atoms with Crippen molar-refractivity contribution in [3.8, 4) is 22.6 Å². The van der Waals surface area contributed by atoms with Crippen molar-refractivity contribution < 1.29 is 4.39 Å². The molecule has 0 saturated carbocycles. The van der Waals surface area contributed by atoms with E-state index in [1.807, 2.05) is 67.6 Å². The Labute approximate surface area is 182 Å². The zero-order valence-electron chi connectivity index (χ0n) is 16.2. The van der Waals surface area contributed by atoms with Crippen LogP contribution in [0.15, 0.2) is 94.5 Å². The van der Waals surface area contributed by atoms with E-state index in [2.05, 4.69) is 31.4 Å². The molecular weight excluding hydrogens is 443 g/mol. The fraction of sp³-hybridized carbons (Fsp3) is 0.0417. The summed E-state index contributed by atoms with van der Waals surface area (Å²) in [5.74, 6) is 0.895. The summed E-state index contributed by atoms with van der Waals surface area (Å²) in [6.45, 7) is 1.86. The zero-order valence-corrected chi connectivity index (χ0v) is 17.8. The average Bonchev–Trinajstić information content (AvgIpc) is 2.79. The van der Waals surface area contributed by atoms with Crippen LogP contribution < -0.4 is 5.43 Å². The third-order valence-electron chi connectivity index (χ3n) is 4.50. The van der Waals surface area contributed by atoms with Crippen LogP contribution in [0.5, 0.6) is 0 Å². The number of nitrogens with zero attached hydrogens (tertiary/aromatic N) is 3. The number of benzene rings is 3. The van der Waals surface area contributed by atoms with E-state index in [0.717, 1.165) is 32.6 Å². The van der Waals surface area contributed by atoms with Gasteiger partial charge in [-0.3, -0.25) is 5.43 Å². The van der Waals surface area contributed by atoms with Crippen LogP contribution in [0.3, 0.4) is 0 Å². The Morgan fingerprint density at radius 3 is 2.27 bits per heavy atom. The van der Waals surface area contributed by atoms with Crippen molar-refractivity contribution in [3.63, 3.8) is 0 Å². The molecule has 0 aliphatic heterocycles. The monoisotopic (exact) mass is 460 g/mol. The van der Waals surface area contributed by atoms with Gasteiger partial charge in [0.1, 0.15) is 5.82 Å². The summed E-state index contributed by atoms with van der Waals surface area (Å²) in [6, 6.07) is 25.8. The fourth-order valence-corrected chi connectivity index (χ4v) is 3.15. The van der Waals surface area contributed by atoms with Crippen LogP contribution in [0.25, 0.3) is 22.6 Å². The average molecular weight is 461 g/mol. The van der Waals surface area contributed by atoms with Crippen molar-refractivity contribution >= 4 is 27.5 Å². The molecule has 0 bridgehead atoms. The molecule has 1 heterocycles. The molecule has 0 fully saturated rings. The SMILES string of the molecule is CC(=NNc1cc(-c2ccccc2)nc(-c2ccc(Br)cc2)n1)c1ccc(F)cc1. The molecule has 4 rings (SSSR count). The molecule has 0 atom stereocenters. The van der Waals surface area contributed by atoms with Crippen molar-refractivity contribution in [1.29, 1.82) is 0 Å². The Bertz CT molecular complexity index is 1170. The standard InChI is InChI=1S/C24H18BrFN4/c1-16(17-9-13-21(26)14-10-17)29-30-23-15-22(18-5-3-2-4-6-18)27-24(28-23)19-7-11-20(25)12-8-19/h2-15H,1H3,(H,27,28,30). The topological polar surface area (TPSA) is 50.2 Å². The van der Waals surface area contributed by atoms with Gasteiger partial charge in [0.25, 0.3) is 0 Å². The van der Waals surface area contributed by atoms with Gasteiger partial charge in [0.2, 0.25) is 0 Å². The molecule has 0 saturated heterocycles. The molecule has 1 aromatic heterocycles. The normalized spacial score (nSPS) is 11.4. The Morgan fingerprint density at radius 2 is 1.57 bits per heavy atom. The predicted octanol–water partition coefficient (Wildman–Crippen LogP) is 6.55. The minimum atomic E-state index is -0.276. The maximum Gasteiger partial charge on any atom is 0.162 e. The van der Waals surface area contributed by atoms with Crippen molar-refractivity contribution in [2.75, 3.05) is 5.43 Å². The van der Waals surface area contributed by atoms with Crippen LogP contribution in [0, 0.1) is 5.82 Å². The highest BCUT2D eigenvalue weighted by Gasteiger charge is 2.09. The van der Waals surface area contributed by atoms with E-state index in [9.17, 15) is 4.39 Å². The second kappa shape index (κ2) is 8.97. The maximum absolute atomic E-state index is 13.2. The van der Waals surface area contributed by atoms with E-state index in [4.69, 9.17) is 4.98 Å². The number of nitrogens with one attached hydrogen (secondary N) is 1. The number of halogens is 2. The molecule has 4 aromatic rings. The summed E-state index contributed by atoms with van der Waals surface area (Å²) in [5, 5.41) is 4.42. The first-order valence-corrected chi connectivity index (χ1v) is 10.1. The first kappa shape index (κ1) is 19.9. The van der Waals surface area contributed by atoms with Crippen LogP contribution in [-0.4, -0.2) is 15.7 Å². The smallest absolute Gasteiger partial charge is 0.162 e. The van der Waals surface area contributed by atoms with Crippen molar-refractivity contribution in [3.05, 3.63) is 101 Å². The van der Waals surface area contributed by atoms with E-state index in [1.54, 1.807) is 12.1 Å². The maximum atomic E-state index is 13.2. The molecule has 0 aliphatic carbocycles. The lowest BCUT2D eigenvalue weighted by Crippen LogP contribution is -2.03. The highest BCUT2D eigenvalue weighted by Crippen LogP contribution is 2.25. The largest absolute Gasteiger partial charge is 0.261 e. The van der Waals surface area contributed by atoms with Crippen molar-refractivity contribution in [2.45, 2.75) is 6.92 Å². The van der Waals surface area contributed by atoms with Crippen molar-refractivity contribution in [2.24, 2.45) is 5.10 Å². The highest BCUT2D eigenvalue weighted by molar-refractivity contribution is 9.10. The lowest BCUT2D eigenvalue weighted by molar-refractivity contribution is 0.628. The predicted molar refractivity (Wildman–Crippen MR) is 123 cm³/mol. The molecule has 0 aliphatic rings. The molecule has 30 heavy (non-hydrogen) atoms. The molecule has 6 heteroatoms. The van der Waals surface area contributed by atoms with Crippen LogP contribution >= 0.6 is 15.9 Å². The van der Waals surface area contributed by atoms with E-state index in [1.165, 1.54) is 12.1 Å². The Morgan fingerprint density at radius 1 is 0.867 bits per heavy atom. The second-order valence-corrected chi connectivity index (χ2v) is 7.57. The van der Waals surface area contributed by atoms with Gasteiger partial charge >= 0.3 is 0 Å². The van der Waals surface area contributed by atoms with Gasteiger partial charge in [0.05, 0.1) is 11.4 Å². The summed E-state index contributed by atoms with van der Waals surface area (Å²) in [4.78, 5) is 9.38. The van der Waals surface area contributed by atoms with Gasteiger partial charge in [-0.05, 0) is 36.8 Å². The minimum Gasteiger partial charge on any atom is -0.261 e. The molecule has 0 amide bonds. The van der Waals surface area contributed by atoms with Gasteiger partial charge in [0.15, 0.2) is 11.6 Å². The number of aromatic nitrogens is 2. The zero-order chi connectivity index (χ0) is 20.9. The third-order valence-corrected chi connectivity index (χ3v) is 5.03.